The highest BCUT2D eigenvalue weighted by Gasteiger charge is 2.37. The van der Waals surface area contributed by atoms with Crippen molar-refractivity contribution in [3.05, 3.63) is 20.2 Å². The highest BCUT2D eigenvalue weighted by Crippen LogP contribution is 2.53. The number of benzene rings is 1. The summed E-state index contributed by atoms with van der Waals surface area (Å²) in [5.74, 6) is 0.865. The predicted octanol–water partition coefficient (Wildman–Crippen LogP) is 4.32. The van der Waals surface area contributed by atoms with Crippen LogP contribution in [0.3, 0.4) is 0 Å². The molecule has 0 saturated carbocycles. The number of anilines is 1. The van der Waals surface area contributed by atoms with Crippen molar-refractivity contribution in [2.45, 2.75) is 39.0 Å². The molecule has 0 aromatic heterocycles. The fourth-order valence-electron chi connectivity index (χ4n) is 3.15. The molecule has 2 rings (SSSR count). The quantitative estimate of drug-likeness (QED) is 0.378. The minimum Gasteiger partial charge on any atom is -0.495 e. The second kappa shape index (κ2) is 7.86. The van der Waals surface area contributed by atoms with Gasteiger partial charge in [-0.25, -0.2) is 0 Å². The normalized spacial score (nSPS) is 13.1. The van der Waals surface area contributed by atoms with E-state index in [0.717, 1.165) is 37.9 Å². The summed E-state index contributed by atoms with van der Waals surface area (Å²) in [5.41, 5.74) is 1.58. The molecule has 0 spiro atoms. The number of unbranched alkanes of at least 4 members (excludes halogenated alkanes) is 3. The summed E-state index contributed by atoms with van der Waals surface area (Å²) in [6.07, 6.45) is 5.28. The van der Waals surface area contributed by atoms with Crippen LogP contribution in [0.25, 0.3) is 0 Å². The minimum absolute atomic E-state index is 0.0307. The van der Waals surface area contributed by atoms with Gasteiger partial charge < -0.3 is 14.4 Å². The summed E-state index contributed by atoms with van der Waals surface area (Å²) in [5, 5.41) is 11.7. The molecule has 7 heteroatoms. The van der Waals surface area contributed by atoms with Crippen molar-refractivity contribution >= 4 is 27.3 Å². The molecular weight excluding hydrogens is 364 g/mol. The number of ether oxygens (including phenoxy) is 2. The Morgan fingerprint density at radius 2 is 1.91 bits per heavy atom. The highest BCUT2D eigenvalue weighted by atomic mass is 79.9. The SMILES string of the molecule is CCCCCCN1CCc2c(OC)c(Br)c(OC)c([N+](=O)[O-])c21. The lowest BCUT2D eigenvalue weighted by Gasteiger charge is -2.21. The van der Waals surface area contributed by atoms with Gasteiger partial charge in [0.2, 0.25) is 5.75 Å². The Hall–Kier alpha value is -1.50. The van der Waals surface area contributed by atoms with Gasteiger partial charge in [0, 0.05) is 18.7 Å². The van der Waals surface area contributed by atoms with Gasteiger partial charge in [0.1, 0.15) is 15.9 Å². The molecule has 1 heterocycles. The van der Waals surface area contributed by atoms with E-state index in [4.69, 9.17) is 9.47 Å². The van der Waals surface area contributed by atoms with Crippen LogP contribution in [-0.2, 0) is 6.42 Å². The molecule has 0 radical (unpaired) electrons. The van der Waals surface area contributed by atoms with Crippen LogP contribution in [0, 0.1) is 10.1 Å². The zero-order chi connectivity index (χ0) is 17.0. The molecule has 6 nitrogen and oxygen atoms in total. The topological polar surface area (TPSA) is 64.8 Å². The average molecular weight is 387 g/mol. The molecule has 0 N–H and O–H groups in total. The molecule has 0 saturated heterocycles. The number of nitro benzene ring substituents is 1. The van der Waals surface area contributed by atoms with Gasteiger partial charge in [-0.2, -0.15) is 0 Å². The molecule has 1 aromatic rings. The zero-order valence-electron chi connectivity index (χ0n) is 13.9. The van der Waals surface area contributed by atoms with E-state index in [1.54, 1.807) is 7.11 Å². The van der Waals surface area contributed by atoms with Crippen LogP contribution in [0.15, 0.2) is 4.47 Å². The summed E-state index contributed by atoms with van der Waals surface area (Å²) in [7, 11) is 3.02. The number of nitro groups is 1. The van der Waals surface area contributed by atoms with Gasteiger partial charge in [0.25, 0.3) is 0 Å². The maximum absolute atomic E-state index is 11.7. The van der Waals surface area contributed by atoms with Crippen molar-refractivity contribution < 1.29 is 14.4 Å². The first-order chi connectivity index (χ1) is 11.1. The highest BCUT2D eigenvalue weighted by molar-refractivity contribution is 9.10. The molecule has 0 atom stereocenters. The maximum atomic E-state index is 11.7. The molecule has 23 heavy (non-hydrogen) atoms. The molecule has 0 amide bonds. The molecule has 1 aliphatic heterocycles. The maximum Gasteiger partial charge on any atom is 0.335 e. The molecular formula is C16H23BrN2O4. The largest absolute Gasteiger partial charge is 0.495 e. The van der Waals surface area contributed by atoms with Gasteiger partial charge in [-0.15, -0.1) is 0 Å². The Bertz CT molecular complexity index is 592. The van der Waals surface area contributed by atoms with Gasteiger partial charge in [0.05, 0.1) is 19.1 Å². The van der Waals surface area contributed by atoms with E-state index in [-0.39, 0.29) is 16.4 Å². The lowest BCUT2D eigenvalue weighted by molar-refractivity contribution is -0.385. The molecule has 1 aliphatic rings. The van der Waals surface area contributed by atoms with Crippen molar-refractivity contribution in [2.75, 3.05) is 32.2 Å². The summed E-state index contributed by atoms with van der Waals surface area (Å²) in [4.78, 5) is 13.4. The van der Waals surface area contributed by atoms with E-state index in [0.29, 0.717) is 15.9 Å². The Balaban J connectivity index is 2.45. The fraction of sp³-hybridized carbons (Fsp3) is 0.625. The Morgan fingerprint density at radius 3 is 2.48 bits per heavy atom. The molecule has 128 valence electrons. The van der Waals surface area contributed by atoms with Gasteiger partial charge in [-0.1, -0.05) is 26.2 Å². The second-order valence-electron chi connectivity index (χ2n) is 5.61. The van der Waals surface area contributed by atoms with Crippen molar-refractivity contribution in [2.24, 2.45) is 0 Å². The van der Waals surface area contributed by atoms with E-state index in [1.807, 2.05) is 0 Å². The van der Waals surface area contributed by atoms with Crippen molar-refractivity contribution in [1.82, 2.24) is 0 Å². The standard InChI is InChI=1S/C16H23BrN2O4/c1-4-5-6-7-9-18-10-8-11-13(18)14(19(20)21)16(23-3)12(17)15(11)22-2/h4-10H2,1-3H3. The zero-order valence-corrected chi connectivity index (χ0v) is 15.4. The van der Waals surface area contributed by atoms with E-state index >= 15 is 0 Å². The number of rotatable bonds is 8. The van der Waals surface area contributed by atoms with Crippen LogP contribution in [0.5, 0.6) is 11.5 Å². The third-order valence-electron chi connectivity index (χ3n) is 4.22. The van der Waals surface area contributed by atoms with Crippen LogP contribution in [0.1, 0.15) is 38.2 Å². The molecule has 0 unspecified atom stereocenters. The number of hydrogen-bond acceptors (Lipinski definition) is 5. The Kier molecular flexibility index (Phi) is 6.10. The predicted molar refractivity (Wildman–Crippen MR) is 94.0 cm³/mol. The van der Waals surface area contributed by atoms with Gasteiger partial charge in [0.15, 0.2) is 0 Å². The number of hydrogen-bond donors (Lipinski definition) is 0. The van der Waals surface area contributed by atoms with Crippen LogP contribution in [0.4, 0.5) is 11.4 Å². The van der Waals surface area contributed by atoms with Crippen molar-refractivity contribution in [3.8, 4) is 11.5 Å². The van der Waals surface area contributed by atoms with Crippen LogP contribution >= 0.6 is 15.9 Å². The Labute approximate surface area is 145 Å². The van der Waals surface area contributed by atoms with Crippen molar-refractivity contribution in [1.29, 1.82) is 0 Å². The lowest BCUT2D eigenvalue weighted by Crippen LogP contribution is -2.22. The second-order valence-corrected chi connectivity index (χ2v) is 6.40. The van der Waals surface area contributed by atoms with E-state index in [9.17, 15) is 10.1 Å². The number of methoxy groups -OCH3 is 2. The van der Waals surface area contributed by atoms with Crippen molar-refractivity contribution in [3.63, 3.8) is 0 Å². The summed E-state index contributed by atoms with van der Waals surface area (Å²) in [6, 6.07) is 0. The van der Waals surface area contributed by atoms with Gasteiger partial charge in [-0.05, 0) is 28.8 Å². The summed E-state index contributed by atoms with van der Waals surface area (Å²) >= 11 is 3.39. The summed E-state index contributed by atoms with van der Waals surface area (Å²) < 4.78 is 11.3. The molecule has 0 bridgehead atoms. The number of fused-ring (bicyclic) bond motifs is 1. The average Bonchev–Trinajstić information content (AvgIpc) is 2.93. The molecule has 0 aliphatic carbocycles. The fourth-order valence-corrected chi connectivity index (χ4v) is 3.90. The van der Waals surface area contributed by atoms with Crippen LogP contribution in [-0.4, -0.2) is 32.2 Å². The van der Waals surface area contributed by atoms with Crippen LogP contribution < -0.4 is 14.4 Å². The molecule has 1 aromatic carbocycles. The first kappa shape index (κ1) is 17.8. The van der Waals surface area contributed by atoms with E-state index in [1.165, 1.54) is 20.0 Å². The first-order valence-corrected chi connectivity index (χ1v) is 8.71. The number of halogens is 1. The van der Waals surface area contributed by atoms with E-state index in [2.05, 4.69) is 27.8 Å². The third-order valence-corrected chi connectivity index (χ3v) is 4.94. The third kappa shape index (κ3) is 3.39. The monoisotopic (exact) mass is 386 g/mol. The van der Waals surface area contributed by atoms with Gasteiger partial charge in [-0.3, -0.25) is 10.1 Å². The Morgan fingerprint density at radius 1 is 1.22 bits per heavy atom. The molecule has 0 fully saturated rings. The number of nitrogens with zero attached hydrogens (tertiary/aromatic N) is 2. The smallest absolute Gasteiger partial charge is 0.335 e. The summed E-state index contributed by atoms with van der Waals surface area (Å²) in [6.45, 7) is 3.77. The minimum atomic E-state index is -0.355. The van der Waals surface area contributed by atoms with Gasteiger partial charge >= 0.3 is 5.69 Å². The lowest BCUT2D eigenvalue weighted by atomic mass is 10.1. The first-order valence-electron chi connectivity index (χ1n) is 7.92. The van der Waals surface area contributed by atoms with Crippen LogP contribution in [0.2, 0.25) is 0 Å². The van der Waals surface area contributed by atoms with E-state index < -0.39 is 0 Å².